The lowest BCUT2D eigenvalue weighted by atomic mass is 9.85. The van der Waals surface area contributed by atoms with Gasteiger partial charge in [-0.05, 0) is 38.0 Å². The first-order valence-electron chi connectivity index (χ1n) is 9.69. The van der Waals surface area contributed by atoms with E-state index in [0.717, 1.165) is 5.69 Å². The molecule has 4 rings (SSSR count). The topological polar surface area (TPSA) is 46.0 Å². The van der Waals surface area contributed by atoms with E-state index in [4.69, 9.17) is 0 Å². The van der Waals surface area contributed by atoms with Crippen LogP contribution in [0, 0.1) is 30.2 Å². The van der Waals surface area contributed by atoms with Crippen LogP contribution in [0.5, 0.6) is 5.75 Å². The van der Waals surface area contributed by atoms with Crippen molar-refractivity contribution in [2.45, 2.75) is 25.7 Å². The second kappa shape index (κ2) is 8.34. The highest BCUT2D eigenvalue weighted by Gasteiger charge is 2.29. The number of fused-ring (bicyclic) bond motifs is 1. The van der Waals surface area contributed by atoms with E-state index in [-0.39, 0.29) is 35.7 Å². The Morgan fingerprint density at radius 2 is 1.68 bits per heavy atom. The van der Waals surface area contributed by atoms with E-state index in [9.17, 15) is 22.7 Å². The molecule has 0 aliphatic carbocycles. The fourth-order valence-corrected chi connectivity index (χ4v) is 3.81. The van der Waals surface area contributed by atoms with Gasteiger partial charge in [0, 0.05) is 46.1 Å². The van der Waals surface area contributed by atoms with Gasteiger partial charge in [0.25, 0.3) is 0 Å². The van der Waals surface area contributed by atoms with Crippen molar-refractivity contribution in [3.8, 4) is 5.75 Å². The molecule has 7 heteroatoms. The Kier molecular flexibility index (Phi) is 5.59. The molecular weight excluding hydrogens is 408 g/mol. The first-order valence-corrected chi connectivity index (χ1v) is 9.69. The lowest BCUT2D eigenvalue weighted by Crippen LogP contribution is -2.12. The number of rotatable bonds is 5. The van der Waals surface area contributed by atoms with Crippen LogP contribution in [0.25, 0.3) is 10.9 Å². The average Bonchev–Trinajstić information content (AvgIpc) is 2.76. The second-order valence-corrected chi connectivity index (χ2v) is 7.32. The molecule has 1 N–H and O–H groups in total. The van der Waals surface area contributed by atoms with Crippen LogP contribution >= 0.6 is 0 Å². The third kappa shape index (κ3) is 3.95. The number of phenols is 1. The van der Waals surface area contributed by atoms with Gasteiger partial charge in [-0.1, -0.05) is 24.3 Å². The van der Waals surface area contributed by atoms with Gasteiger partial charge in [0.15, 0.2) is 23.3 Å². The van der Waals surface area contributed by atoms with Crippen LogP contribution in [-0.2, 0) is 6.42 Å². The zero-order chi connectivity index (χ0) is 22.1. The van der Waals surface area contributed by atoms with E-state index in [2.05, 4.69) is 9.97 Å². The summed E-state index contributed by atoms with van der Waals surface area (Å²) in [7, 11) is 0. The highest BCUT2D eigenvalue weighted by Crippen LogP contribution is 2.41. The first kappa shape index (κ1) is 20.8. The molecule has 1 unspecified atom stereocenters. The quantitative estimate of drug-likeness (QED) is 0.316. The van der Waals surface area contributed by atoms with Gasteiger partial charge in [-0.15, -0.1) is 0 Å². The Bertz CT molecular complexity index is 1250. The van der Waals surface area contributed by atoms with Crippen molar-refractivity contribution in [1.82, 2.24) is 9.97 Å². The first-order chi connectivity index (χ1) is 14.9. The summed E-state index contributed by atoms with van der Waals surface area (Å²) < 4.78 is 57.4. The minimum absolute atomic E-state index is 0.0546. The SMILES string of the molecule is Cc1cccc(CCC(c2ccc3cccnc3c2O)c2c(F)c(F)cc(F)c2F)n1. The van der Waals surface area contributed by atoms with E-state index >= 15 is 0 Å². The Balaban J connectivity index is 1.87. The second-order valence-electron chi connectivity index (χ2n) is 7.32. The van der Waals surface area contributed by atoms with E-state index < -0.39 is 34.8 Å². The standard InChI is InChI=1S/C24H18F4N2O/c1-13-4-2-6-15(30-13)8-10-16(20-21(27)18(25)12-19(26)22(20)28)17-9-7-14-5-3-11-29-23(14)24(17)31/h2-7,9,11-12,16,31H,8,10H2,1H3. The maximum Gasteiger partial charge on any atom is 0.165 e. The number of benzene rings is 2. The van der Waals surface area contributed by atoms with Crippen LogP contribution in [0.4, 0.5) is 17.6 Å². The molecule has 4 aromatic rings. The van der Waals surface area contributed by atoms with E-state index in [1.54, 1.807) is 30.3 Å². The molecule has 0 saturated heterocycles. The van der Waals surface area contributed by atoms with Crippen molar-refractivity contribution in [2.75, 3.05) is 0 Å². The van der Waals surface area contributed by atoms with Gasteiger partial charge in [0.1, 0.15) is 11.3 Å². The number of aromatic nitrogens is 2. The molecule has 31 heavy (non-hydrogen) atoms. The fraction of sp³-hybridized carbons (Fsp3) is 0.167. The molecule has 158 valence electrons. The molecule has 0 aliphatic heterocycles. The Labute approximate surface area is 176 Å². The number of pyridine rings is 2. The lowest BCUT2D eigenvalue weighted by Gasteiger charge is -2.21. The molecule has 0 bridgehead atoms. The molecule has 2 heterocycles. The molecule has 0 aliphatic rings. The third-order valence-corrected chi connectivity index (χ3v) is 5.28. The number of phenolic OH excluding ortho intramolecular Hbond substituents is 1. The largest absolute Gasteiger partial charge is 0.505 e. The van der Waals surface area contributed by atoms with Crippen molar-refractivity contribution in [1.29, 1.82) is 0 Å². The molecule has 0 saturated carbocycles. The Morgan fingerprint density at radius 1 is 0.935 bits per heavy atom. The molecule has 0 radical (unpaired) electrons. The van der Waals surface area contributed by atoms with Gasteiger partial charge in [-0.3, -0.25) is 9.97 Å². The van der Waals surface area contributed by atoms with E-state index in [1.807, 2.05) is 13.0 Å². The van der Waals surface area contributed by atoms with Crippen molar-refractivity contribution in [3.63, 3.8) is 0 Å². The number of halogens is 4. The summed E-state index contributed by atoms with van der Waals surface area (Å²) in [6.45, 7) is 1.81. The molecular formula is C24H18F4N2O. The summed E-state index contributed by atoms with van der Waals surface area (Å²) in [5.41, 5.74) is 1.01. The number of aromatic hydroxyl groups is 1. The van der Waals surface area contributed by atoms with E-state index in [0.29, 0.717) is 11.1 Å². The third-order valence-electron chi connectivity index (χ3n) is 5.28. The molecule has 2 aromatic carbocycles. The Hall–Kier alpha value is -3.48. The smallest absolute Gasteiger partial charge is 0.165 e. The molecule has 2 aromatic heterocycles. The zero-order valence-electron chi connectivity index (χ0n) is 16.5. The monoisotopic (exact) mass is 426 g/mol. The Morgan fingerprint density at radius 3 is 2.39 bits per heavy atom. The predicted octanol–water partition coefficient (Wildman–Crippen LogP) is 5.96. The van der Waals surface area contributed by atoms with Crippen LogP contribution in [0.15, 0.2) is 54.7 Å². The van der Waals surface area contributed by atoms with Gasteiger partial charge in [0.2, 0.25) is 0 Å². The van der Waals surface area contributed by atoms with Gasteiger partial charge in [-0.2, -0.15) is 0 Å². The summed E-state index contributed by atoms with van der Waals surface area (Å²) in [4.78, 5) is 8.50. The normalized spacial score (nSPS) is 12.3. The van der Waals surface area contributed by atoms with Gasteiger partial charge < -0.3 is 5.11 Å². The van der Waals surface area contributed by atoms with Crippen LogP contribution in [0.2, 0.25) is 0 Å². The predicted molar refractivity (Wildman–Crippen MR) is 109 cm³/mol. The summed E-state index contributed by atoms with van der Waals surface area (Å²) in [5, 5.41) is 11.5. The van der Waals surface area contributed by atoms with Crippen LogP contribution in [0.1, 0.15) is 34.9 Å². The van der Waals surface area contributed by atoms with Crippen LogP contribution in [0.3, 0.4) is 0 Å². The number of nitrogens with zero attached hydrogens (tertiary/aromatic N) is 2. The summed E-state index contributed by atoms with van der Waals surface area (Å²) >= 11 is 0. The van der Waals surface area contributed by atoms with Crippen LogP contribution < -0.4 is 0 Å². The van der Waals surface area contributed by atoms with E-state index in [1.165, 1.54) is 12.3 Å². The summed E-state index contributed by atoms with van der Waals surface area (Å²) in [6.07, 6.45) is 1.79. The van der Waals surface area contributed by atoms with Gasteiger partial charge in [-0.25, -0.2) is 17.6 Å². The summed E-state index contributed by atoms with van der Waals surface area (Å²) in [5.74, 6) is -7.41. The molecule has 0 amide bonds. The molecule has 1 atom stereocenters. The maximum absolute atomic E-state index is 14.7. The fourth-order valence-electron chi connectivity index (χ4n) is 3.81. The van der Waals surface area contributed by atoms with Crippen molar-refractivity contribution in [2.24, 2.45) is 0 Å². The lowest BCUT2D eigenvalue weighted by molar-refractivity contribution is 0.423. The number of hydrogen-bond donors (Lipinski definition) is 1. The number of hydrogen-bond acceptors (Lipinski definition) is 3. The molecule has 0 fully saturated rings. The van der Waals surface area contributed by atoms with Crippen molar-refractivity contribution < 1.29 is 22.7 Å². The summed E-state index contributed by atoms with van der Waals surface area (Å²) in [6, 6.07) is 12.1. The average molecular weight is 426 g/mol. The molecule has 0 spiro atoms. The van der Waals surface area contributed by atoms with Crippen LogP contribution in [-0.4, -0.2) is 15.1 Å². The van der Waals surface area contributed by atoms with Gasteiger partial charge >= 0.3 is 0 Å². The van der Waals surface area contributed by atoms with Gasteiger partial charge in [0.05, 0.1) is 0 Å². The molecule has 3 nitrogen and oxygen atoms in total. The van der Waals surface area contributed by atoms with Crippen molar-refractivity contribution >= 4 is 10.9 Å². The minimum Gasteiger partial charge on any atom is -0.505 e. The number of aryl methyl sites for hydroxylation is 2. The zero-order valence-corrected chi connectivity index (χ0v) is 16.5. The van der Waals surface area contributed by atoms with Crippen molar-refractivity contribution in [3.05, 3.63) is 101 Å². The highest BCUT2D eigenvalue weighted by molar-refractivity contribution is 5.85. The highest BCUT2D eigenvalue weighted by atomic mass is 19.2. The minimum atomic E-state index is -1.49. The maximum atomic E-state index is 14.7.